The number of rotatable bonds is 4. The van der Waals surface area contributed by atoms with Crippen molar-refractivity contribution in [2.45, 2.75) is 26.7 Å². The van der Waals surface area contributed by atoms with Gasteiger partial charge in [0.1, 0.15) is 3.70 Å². The highest BCUT2D eigenvalue weighted by Gasteiger charge is 2.19. The second-order valence-electron chi connectivity index (χ2n) is 3.41. The van der Waals surface area contributed by atoms with Crippen molar-refractivity contribution in [1.29, 1.82) is 0 Å². The van der Waals surface area contributed by atoms with E-state index in [9.17, 15) is 13.6 Å². The number of alkyl halides is 2. The molecule has 94 valence electrons. The van der Waals surface area contributed by atoms with Gasteiger partial charge in [-0.15, -0.1) is 0 Å². The van der Waals surface area contributed by atoms with Crippen molar-refractivity contribution in [1.82, 2.24) is 4.98 Å². The Kier molecular flexibility index (Phi) is 5.23. The molecule has 0 aliphatic rings. The number of pyridine rings is 1. The van der Waals surface area contributed by atoms with Gasteiger partial charge in [-0.3, -0.25) is 4.79 Å². The van der Waals surface area contributed by atoms with Gasteiger partial charge in [-0.25, -0.2) is 13.8 Å². The van der Waals surface area contributed by atoms with Crippen molar-refractivity contribution < 1.29 is 18.3 Å². The largest absolute Gasteiger partial charge is 0.466 e. The fraction of sp³-hybridized carbons (Fsp3) is 0.455. The Hall–Kier alpha value is -0.790. The van der Waals surface area contributed by atoms with Crippen molar-refractivity contribution in [3.8, 4) is 0 Å². The Balaban J connectivity index is 3.04. The lowest BCUT2D eigenvalue weighted by atomic mass is 10.1. The summed E-state index contributed by atoms with van der Waals surface area (Å²) in [4.78, 5) is 15.3. The first kappa shape index (κ1) is 14.3. The van der Waals surface area contributed by atoms with Crippen LogP contribution < -0.4 is 0 Å². The molecule has 1 heterocycles. The van der Waals surface area contributed by atoms with Crippen LogP contribution in [0.2, 0.25) is 0 Å². The first-order valence-electron chi connectivity index (χ1n) is 5.05. The maximum Gasteiger partial charge on any atom is 0.311 e. The molecule has 0 fully saturated rings. The Bertz CT molecular complexity index is 424. The van der Waals surface area contributed by atoms with E-state index in [1.165, 1.54) is 6.07 Å². The van der Waals surface area contributed by atoms with Gasteiger partial charge in [0.15, 0.2) is 0 Å². The second-order valence-corrected chi connectivity index (χ2v) is 4.44. The van der Waals surface area contributed by atoms with Gasteiger partial charge in [-0.05, 0) is 48.1 Å². The molecule has 17 heavy (non-hydrogen) atoms. The summed E-state index contributed by atoms with van der Waals surface area (Å²) in [7, 11) is 0. The fourth-order valence-corrected chi connectivity index (χ4v) is 1.77. The summed E-state index contributed by atoms with van der Waals surface area (Å²) in [5, 5.41) is 0. The zero-order chi connectivity index (χ0) is 13.0. The van der Waals surface area contributed by atoms with E-state index >= 15 is 0 Å². The molecule has 0 N–H and O–H groups in total. The number of aryl methyl sites for hydroxylation is 1. The predicted octanol–water partition coefficient (Wildman–Crippen LogP) is 3.04. The van der Waals surface area contributed by atoms with E-state index in [4.69, 9.17) is 4.74 Å². The molecular formula is C11H12F2INO2. The molecule has 0 aliphatic heterocycles. The fourth-order valence-electron chi connectivity index (χ4n) is 1.33. The average Bonchev–Trinajstić information content (AvgIpc) is 2.23. The molecule has 0 aliphatic carbocycles. The summed E-state index contributed by atoms with van der Waals surface area (Å²) >= 11 is 1.95. The van der Waals surface area contributed by atoms with Crippen LogP contribution in [0.1, 0.15) is 30.2 Å². The highest BCUT2D eigenvalue weighted by atomic mass is 127. The van der Waals surface area contributed by atoms with Gasteiger partial charge in [0, 0.05) is 5.56 Å². The SMILES string of the molecule is CCOC(=O)Cc1nc(I)c(C)cc1C(F)F. The molecule has 1 aromatic heterocycles. The summed E-state index contributed by atoms with van der Waals surface area (Å²) in [6, 6.07) is 1.37. The lowest BCUT2D eigenvalue weighted by Crippen LogP contribution is -2.12. The number of aromatic nitrogens is 1. The molecule has 0 spiro atoms. The van der Waals surface area contributed by atoms with Gasteiger partial charge >= 0.3 is 5.97 Å². The third kappa shape index (κ3) is 3.86. The van der Waals surface area contributed by atoms with Gasteiger partial charge in [0.05, 0.1) is 18.7 Å². The highest BCUT2D eigenvalue weighted by molar-refractivity contribution is 14.1. The van der Waals surface area contributed by atoms with Crippen LogP contribution in [-0.2, 0) is 16.0 Å². The van der Waals surface area contributed by atoms with Crippen LogP contribution in [0.15, 0.2) is 6.07 Å². The zero-order valence-corrected chi connectivity index (χ0v) is 11.6. The molecule has 0 saturated carbocycles. The van der Waals surface area contributed by atoms with E-state index in [1.807, 2.05) is 22.6 Å². The summed E-state index contributed by atoms with van der Waals surface area (Å²) < 4.78 is 30.9. The zero-order valence-electron chi connectivity index (χ0n) is 9.47. The minimum absolute atomic E-state index is 0.0912. The van der Waals surface area contributed by atoms with Gasteiger partial charge in [-0.2, -0.15) is 0 Å². The van der Waals surface area contributed by atoms with Crippen molar-refractivity contribution in [3.05, 3.63) is 26.6 Å². The number of ether oxygens (including phenoxy) is 1. The van der Waals surface area contributed by atoms with E-state index in [-0.39, 0.29) is 24.3 Å². The van der Waals surface area contributed by atoms with Crippen molar-refractivity contribution in [2.75, 3.05) is 6.61 Å². The molecule has 0 aromatic carbocycles. The molecule has 1 rings (SSSR count). The molecule has 3 nitrogen and oxygen atoms in total. The summed E-state index contributed by atoms with van der Waals surface area (Å²) in [6.45, 7) is 3.60. The molecule has 1 aromatic rings. The number of nitrogens with zero attached hydrogens (tertiary/aromatic N) is 1. The van der Waals surface area contributed by atoms with Crippen LogP contribution in [0.5, 0.6) is 0 Å². The van der Waals surface area contributed by atoms with E-state index in [0.717, 1.165) is 0 Å². The van der Waals surface area contributed by atoms with Gasteiger partial charge in [0.25, 0.3) is 6.43 Å². The second kappa shape index (κ2) is 6.23. The number of esters is 1. The van der Waals surface area contributed by atoms with Crippen LogP contribution in [0.4, 0.5) is 8.78 Å². The Morgan fingerprint density at radius 1 is 1.59 bits per heavy atom. The molecule has 0 saturated heterocycles. The summed E-state index contributed by atoms with van der Waals surface area (Å²) in [6.07, 6.45) is -2.85. The van der Waals surface area contributed by atoms with E-state index in [1.54, 1.807) is 13.8 Å². The number of carbonyl (C=O) groups is 1. The van der Waals surface area contributed by atoms with Crippen LogP contribution in [0.25, 0.3) is 0 Å². The number of halogens is 3. The number of carbonyl (C=O) groups excluding carboxylic acids is 1. The predicted molar refractivity (Wildman–Crippen MR) is 67.0 cm³/mol. The minimum Gasteiger partial charge on any atom is -0.466 e. The molecule has 0 amide bonds. The van der Waals surface area contributed by atoms with E-state index in [2.05, 4.69) is 4.98 Å². The first-order chi connectivity index (χ1) is 7.95. The molecule has 0 atom stereocenters. The van der Waals surface area contributed by atoms with Crippen molar-refractivity contribution in [3.63, 3.8) is 0 Å². The molecule has 0 radical (unpaired) electrons. The third-order valence-corrected chi connectivity index (χ3v) is 3.21. The van der Waals surface area contributed by atoms with Crippen LogP contribution in [0, 0.1) is 10.6 Å². The quantitative estimate of drug-likeness (QED) is 0.474. The normalized spacial score (nSPS) is 10.7. The van der Waals surface area contributed by atoms with E-state index < -0.39 is 12.4 Å². The maximum atomic E-state index is 12.8. The summed E-state index contributed by atoms with van der Waals surface area (Å²) in [5.41, 5.74) is 0.568. The first-order valence-corrected chi connectivity index (χ1v) is 6.13. The highest BCUT2D eigenvalue weighted by Crippen LogP contribution is 2.25. The standard InChI is InChI=1S/C11H12F2INO2/c1-3-17-9(16)5-8-7(10(12)13)4-6(2)11(14)15-8/h4,10H,3,5H2,1-2H3. The smallest absolute Gasteiger partial charge is 0.311 e. The molecular weight excluding hydrogens is 343 g/mol. The van der Waals surface area contributed by atoms with E-state index in [0.29, 0.717) is 9.26 Å². The average molecular weight is 355 g/mol. The Labute approximate surface area is 112 Å². The third-order valence-electron chi connectivity index (χ3n) is 2.12. The lowest BCUT2D eigenvalue weighted by Gasteiger charge is -2.10. The molecule has 6 heteroatoms. The Morgan fingerprint density at radius 2 is 2.24 bits per heavy atom. The Morgan fingerprint density at radius 3 is 2.76 bits per heavy atom. The van der Waals surface area contributed by atoms with Crippen LogP contribution >= 0.6 is 22.6 Å². The van der Waals surface area contributed by atoms with Gasteiger partial charge < -0.3 is 4.74 Å². The number of hydrogen-bond acceptors (Lipinski definition) is 3. The van der Waals surface area contributed by atoms with Crippen molar-refractivity contribution >= 4 is 28.6 Å². The topological polar surface area (TPSA) is 39.2 Å². The number of hydrogen-bond donors (Lipinski definition) is 0. The monoisotopic (exact) mass is 355 g/mol. The minimum atomic E-state index is -2.64. The van der Waals surface area contributed by atoms with Crippen LogP contribution in [-0.4, -0.2) is 17.6 Å². The van der Waals surface area contributed by atoms with Crippen molar-refractivity contribution in [2.24, 2.45) is 0 Å². The molecule has 0 bridgehead atoms. The van der Waals surface area contributed by atoms with Gasteiger partial charge in [0.2, 0.25) is 0 Å². The molecule has 0 unspecified atom stereocenters. The maximum absolute atomic E-state index is 12.8. The lowest BCUT2D eigenvalue weighted by molar-refractivity contribution is -0.142. The van der Waals surface area contributed by atoms with Gasteiger partial charge in [-0.1, -0.05) is 0 Å². The van der Waals surface area contributed by atoms with Crippen LogP contribution in [0.3, 0.4) is 0 Å². The summed E-state index contributed by atoms with van der Waals surface area (Å²) in [5.74, 6) is -0.540.